The number of hydrazone groups is 1. The molecular weight excluding hydrogens is 350 g/mol. The van der Waals surface area contributed by atoms with Crippen molar-refractivity contribution in [3.63, 3.8) is 0 Å². The lowest BCUT2D eigenvalue weighted by molar-refractivity contribution is -0.384. The van der Waals surface area contributed by atoms with Crippen molar-refractivity contribution in [1.82, 2.24) is 5.43 Å². The molecule has 0 heterocycles. The van der Waals surface area contributed by atoms with Crippen LogP contribution in [0.3, 0.4) is 0 Å². The number of para-hydroxylation sites is 1. The fourth-order valence-electron chi connectivity index (χ4n) is 2.35. The molecule has 0 aliphatic heterocycles. The fraction of sp³-hybridized carbons (Fsp3) is 0.263. The summed E-state index contributed by atoms with van der Waals surface area (Å²) in [5, 5.41) is 24.1. The summed E-state index contributed by atoms with van der Waals surface area (Å²) in [6, 6.07) is 11.0. The van der Waals surface area contributed by atoms with E-state index in [1.165, 1.54) is 12.1 Å². The molecule has 0 radical (unpaired) electrons. The number of phenols is 1. The third-order valence-electron chi connectivity index (χ3n) is 4.04. The maximum Gasteiger partial charge on any atom is 0.277 e. The van der Waals surface area contributed by atoms with Crippen molar-refractivity contribution in [2.75, 3.05) is 6.61 Å². The van der Waals surface area contributed by atoms with E-state index in [4.69, 9.17) is 4.74 Å². The van der Waals surface area contributed by atoms with Gasteiger partial charge < -0.3 is 9.84 Å². The van der Waals surface area contributed by atoms with E-state index in [-0.39, 0.29) is 23.6 Å². The van der Waals surface area contributed by atoms with Gasteiger partial charge in [0.25, 0.3) is 11.6 Å². The molecule has 0 spiro atoms. The highest BCUT2D eigenvalue weighted by Gasteiger charge is 2.11. The zero-order valence-corrected chi connectivity index (χ0v) is 15.1. The van der Waals surface area contributed by atoms with E-state index < -0.39 is 10.8 Å². The Labute approximate surface area is 156 Å². The summed E-state index contributed by atoms with van der Waals surface area (Å²) in [6.45, 7) is 3.93. The number of ether oxygens (including phenoxy) is 1. The standard InChI is InChI=1S/C19H21N3O5/c1-3-13(2)16-6-4-5-7-18(16)27-12-19(24)21-20-11-14-10-15(22(25)26)8-9-17(14)23/h4-11,13,23H,3,12H2,1-2H3,(H,21,24)/b20-11+. The molecule has 8 nitrogen and oxygen atoms in total. The summed E-state index contributed by atoms with van der Waals surface area (Å²) in [4.78, 5) is 22.1. The van der Waals surface area contributed by atoms with Crippen molar-refractivity contribution in [2.24, 2.45) is 5.10 Å². The predicted molar refractivity (Wildman–Crippen MR) is 101 cm³/mol. The van der Waals surface area contributed by atoms with E-state index in [9.17, 15) is 20.0 Å². The van der Waals surface area contributed by atoms with Crippen LogP contribution in [0.25, 0.3) is 0 Å². The quantitative estimate of drug-likeness (QED) is 0.420. The Morgan fingerprint density at radius 1 is 1.37 bits per heavy atom. The smallest absolute Gasteiger partial charge is 0.277 e. The number of nitrogens with one attached hydrogen (secondary N) is 1. The minimum atomic E-state index is -0.585. The minimum Gasteiger partial charge on any atom is -0.507 e. The highest BCUT2D eigenvalue weighted by atomic mass is 16.6. The van der Waals surface area contributed by atoms with Crippen molar-refractivity contribution in [3.05, 3.63) is 63.7 Å². The van der Waals surface area contributed by atoms with E-state index in [1.54, 1.807) is 6.07 Å². The van der Waals surface area contributed by atoms with Crippen LogP contribution in [0.2, 0.25) is 0 Å². The average Bonchev–Trinajstić information content (AvgIpc) is 2.67. The minimum absolute atomic E-state index is 0.118. The van der Waals surface area contributed by atoms with Gasteiger partial charge in [0.2, 0.25) is 0 Å². The highest BCUT2D eigenvalue weighted by Crippen LogP contribution is 2.28. The number of amides is 1. The number of non-ortho nitro benzene ring substituents is 1. The van der Waals surface area contributed by atoms with Crippen LogP contribution in [-0.4, -0.2) is 28.8 Å². The van der Waals surface area contributed by atoms with Crippen molar-refractivity contribution in [3.8, 4) is 11.5 Å². The van der Waals surface area contributed by atoms with Crippen LogP contribution in [0.5, 0.6) is 11.5 Å². The normalized spacial score (nSPS) is 11.9. The molecule has 2 aromatic rings. The maximum atomic E-state index is 11.9. The van der Waals surface area contributed by atoms with Crippen LogP contribution in [-0.2, 0) is 4.79 Å². The Kier molecular flexibility index (Phi) is 6.87. The second kappa shape index (κ2) is 9.33. The van der Waals surface area contributed by atoms with Gasteiger partial charge >= 0.3 is 0 Å². The Morgan fingerprint density at radius 2 is 2.11 bits per heavy atom. The van der Waals surface area contributed by atoms with Gasteiger partial charge in [-0.25, -0.2) is 5.43 Å². The number of benzene rings is 2. The zero-order valence-electron chi connectivity index (χ0n) is 15.1. The van der Waals surface area contributed by atoms with Crippen LogP contribution < -0.4 is 10.2 Å². The lowest BCUT2D eigenvalue weighted by Gasteiger charge is -2.15. The van der Waals surface area contributed by atoms with E-state index in [0.29, 0.717) is 11.7 Å². The lowest BCUT2D eigenvalue weighted by Crippen LogP contribution is -2.25. The number of nitrogens with zero attached hydrogens (tertiary/aromatic N) is 2. The first kappa shape index (κ1) is 19.9. The maximum absolute atomic E-state index is 11.9. The monoisotopic (exact) mass is 371 g/mol. The molecule has 0 aromatic heterocycles. The van der Waals surface area contributed by atoms with Gasteiger partial charge in [-0.1, -0.05) is 32.0 Å². The van der Waals surface area contributed by atoms with Crippen molar-refractivity contribution < 1.29 is 19.6 Å². The molecule has 27 heavy (non-hydrogen) atoms. The van der Waals surface area contributed by atoms with Gasteiger partial charge in [0.05, 0.1) is 11.1 Å². The SMILES string of the molecule is CCC(C)c1ccccc1OCC(=O)N/N=C/c1cc([N+](=O)[O-])ccc1O. The highest BCUT2D eigenvalue weighted by molar-refractivity contribution is 5.86. The van der Waals surface area contributed by atoms with Crippen molar-refractivity contribution >= 4 is 17.8 Å². The number of rotatable bonds is 8. The number of aromatic hydroxyl groups is 1. The average molecular weight is 371 g/mol. The Morgan fingerprint density at radius 3 is 2.81 bits per heavy atom. The van der Waals surface area contributed by atoms with Crippen molar-refractivity contribution in [2.45, 2.75) is 26.2 Å². The van der Waals surface area contributed by atoms with Gasteiger partial charge in [0.1, 0.15) is 11.5 Å². The predicted octanol–water partition coefficient (Wildman–Crippen LogP) is 3.34. The van der Waals surface area contributed by atoms with E-state index in [0.717, 1.165) is 24.3 Å². The number of carbonyl (C=O) groups excluding carboxylic acids is 1. The second-order valence-electron chi connectivity index (χ2n) is 5.93. The first-order valence-corrected chi connectivity index (χ1v) is 8.43. The Bertz CT molecular complexity index is 851. The van der Waals surface area contributed by atoms with Crippen LogP contribution in [0, 0.1) is 10.1 Å². The summed E-state index contributed by atoms with van der Waals surface area (Å²) in [5.41, 5.74) is 3.22. The molecule has 0 fully saturated rings. The molecule has 2 N–H and O–H groups in total. The first-order valence-electron chi connectivity index (χ1n) is 8.43. The van der Waals surface area contributed by atoms with E-state index in [1.807, 2.05) is 18.2 Å². The Balaban J connectivity index is 1.95. The van der Waals surface area contributed by atoms with Crippen molar-refractivity contribution in [1.29, 1.82) is 0 Å². The number of carbonyl (C=O) groups is 1. The molecule has 1 amide bonds. The second-order valence-corrected chi connectivity index (χ2v) is 5.93. The largest absolute Gasteiger partial charge is 0.507 e. The summed E-state index contributed by atoms with van der Waals surface area (Å²) in [6.07, 6.45) is 2.08. The lowest BCUT2D eigenvalue weighted by atomic mass is 9.98. The van der Waals surface area contributed by atoms with E-state index in [2.05, 4.69) is 24.4 Å². The Hall–Kier alpha value is -3.42. The summed E-state index contributed by atoms with van der Waals surface area (Å²) in [7, 11) is 0. The van der Waals surface area contributed by atoms with Crippen LogP contribution in [0.15, 0.2) is 47.6 Å². The number of phenolic OH excluding ortho intramolecular Hbond substituents is 1. The van der Waals surface area contributed by atoms with Crippen LogP contribution in [0.1, 0.15) is 37.3 Å². The molecule has 8 heteroatoms. The van der Waals surface area contributed by atoms with Gasteiger partial charge in [-0.3, -0.25) is 14.9 Å². The number of hydrogen-bond acceptors (Lipinski definition) is 6. The molecule has 1 unspecified atom stereocenters. The topological polar surface area (TPSA) is 114 Å². The molecular formula is C19H21N3O5. The molecule has 0 aliphatic carbocycles. The number of nitro benzene ring substituents is 1. The van der Waals surface area contributed by atoms with Gasteiger partial charge in [-0.15, -0.1) is 0 Å². The summed E-state index contributed by atoms with van der Waals surface area (Å²) < 4.78 is 5.57. The molecule has 142 valence electrons. The molecule has 2 rings (SSSR count). The molecule has 1 atom stereocenters. The third kappa shape index (κ3) is 5.53. The van der Waals surface area contributed by atoms with Gasteiger partial charge in [0.15, 0.2) is 6.61 Å². The molecule has 0 saturated heterocycles. The third-order valence-corrected chi connectivity index (χ3v) is 4.04. The van der Waals surface area contributed by atoms with Gasteiger partial charge in [-0.2, -0.15) is 5.10 Å². The van der Waals surface area contributed by atoms with Gasteiger partial charge in [0, 0.05) is 17.7 Å². The molecule has 0 aliphatic rings. The summed E-state index contributed by atoms with van der Waals surface area (Å²) in [5.74, 6) is 0.272. The molecule has 0 saturated carbocycles. The number of nitro groups is 1. The zero-order chi connectivity index (χ0) is 19.8. The molecule has 2 aromatic carbocycles. The fourth-order valence-corrected chi connectivity index (χ4v) is 2.35. The van der Waals surface area contributed by atoms with Crippen LogP contribution in [0.4, 0.5) is 5.69 Å². The van der Waals surface area contributed by atoms with Gasteiger partial charge in [-0.05, 0) is 30.0 Å². The van der Waals surface area contributed by atoms with Crippen LogP contribution >= 0.6 is 0 Å². The number of hydrogen-bond donors (Lipinski definition) is 2. The first-order chi connectivity index (χ1) is 12.9. The van der Waals surface area contributed by atoms with E-state index >= 15 is 0 Å². The summed E-state index contributed by atoms with van der Waals surface area (Å²) >= 11 is 0. The molecule has 0 bridgehead atoms.